The highest BCUT2D eigenvalue weighted by atomic mass is 16.4. The number of nitrogens with zero attached hydrogens (tertiary/aromatic N) is 1. The highest BCUT2D eigenvalue weighted by Gasteiger charge is 2.05. The Labute approximate surface area is 44.3 Å². The van der Waals surface area contributed by atoms with Crippen molar-refractivity contribution in [3.05, 3.63) is 4.91 Å². The van der Waals surface area contributed by atoms with Gasteiger partial charge in [0.05, 0.1) is 0 Å². The predicted molar refractivity (Wildman–Crippen MR) is 23.1 cm³/mol. The van der Waals surface area contributed by atoms with Crippen LogP contribution in [0.25, 0.3) is 0 Å². The number of hydrogen-bond donors (Lipinski definition) is 1. The van der Waals surface area contributed by atoms with E-state index in [1.807, 2.05) is 5.18 Å². The summed E-state index contributed by atoms with van der Waals surface area (Å²) in [6, 6.07) is 0. The van der Waals surface area contributed by atoms with Gasteiger partial charge in [-0.15, -0.1) is 4.91 Å². The number of carbonyl (C=O) groups excluding carboxylic acids is 1. The molecule has 0 rings (SSSR count). The number of carbonyl (C=O) groups is 2. The lowest BCUT2D eigenvalue weighted by Crippen LogP contribution is -2.02. The van der Waals surface area contributed by atoms with Gasteiger partial charge in [0, 0.05) is 5.18 Å². The van der Waals surface area contributed by atoms with Crippen molar-refractivity contribution in [1.29, 1.82) is 0 Å². The Hall–Kier alpha value is -1.26. The van der Waals surface area contributed by atoms with E-state index in [4.69, 9.17) is 5.11 Å². The normalized spacial score (nSPS) is 8.00. The molecule has 0 spiro atoms. The van der Waals surface area contributed by atoms with Gasteiger partial charge in [-0.1, -0.05) is 0 Å². The van der Waals surface area contributed by atoms with E-state index in [1.165, 1.54) is 0 Å². The minimum atomic E-state index is -1.34. The van der Waals surface area contributed by atoms with Gasteiger partial charge in [-0.25, -0.2) is 0 Å². The molecule has 1 N–H and O–H groups in total. The number of amides is 1. The molecule has 5 nitrogen and oxygen atoms in total. The summed E-state index contributed by atoms with van der Waals surface area (Å²) in [6.45, 7) is 0. The first-order valence-corrected chi connectivity index (χ1v) is 1.75. The SMILES string of the molecule is O=NC(=O)CC(=O)O. The maximum absolute atomic E-state index is 9.76. The van der Waals surface area contributed by atoms with Gasteiger partial charge in [0.15, 0.2) is 0 Å². The van der Waals surface area contributed by atoms with Crippen molar-refractivity contribution in [2.24, 2.45) is 5.18 Å². The molecule has 0 aromatic carbocycles. The molecule has 0 aromatic rings. The second kappa shape index (κ2) is 2.84. The number of aliphatic carboxylic acids is 1. The van der Waals surface area contributed by atoms with Crippen molar-refractivity contribution in [3.63, 3.8) is 0 Å². The topological polar surface area (TPSA) is 83.8 Å². The van der Waals surface area contributed by atoms with Gasteiger partial charge < -0.3 is 5.11 Å². The monoisotopic (exact) mass is 117 g/mol. The number of hydrogen-bond acceptors (Lipinski definition) is 3. The lowest BCUT2D eigenvalue weighted by atomic mass is 10.4. The third-order valence-corrected chi connectivity index (χ3v) is 0.404. The summed E-state index contributed by atoms with van der Waals surface area (Å²) < 4.78 is 0. The van der Waals surface area contributed by atoms with Crippen LogP contribution < -0.4 is 0 Å². The van der Waals surface area contributed by atoms with E-state index in [9.17, 15) is 14.5 Å². The van der Waals surface area contributed by atoms with Gasteiger partial charge in [0.1, 0.15) is 6.42 Å². The van der Waals surface area contributed by atoms with Crippen LogP contribution in [0.1, 0.15) is 6.42 Å². The van der Waals surface area contributed by atoms with Crippen molar-refractivity contribution in [3.8, 4) is 0 Å². The molecule has 0 heterocycles. The van der Waals surface area contributed by atoms with Gasteiger partial charge in [-0.2, -0.15) is 0 Å². The highest BCUT2D eigenvalue weighted by molar-refractivity contribution is 5.93. The summed E-state index contributed by atoms with van der Waals surface area (Å²) in [4.78, 5) is 28.5. The van der Waals surface area contributed by atoms with Crippen LogP contribution in [-0.2, 0) is 9.59 Å². The predicted octanol–water partition coefficient (Wildman–Crippen LogP) is -0.246. The standard InChI is InChI=1S/C3H3NO4/c5-2(4-8)1-3(6)7/h1H2,(H,6,7). The molecule has 0 saturated heterocycles. The largest absolute Gasteiger partial charge is 0.481 e. The Morgan fingerprint density at radius 3 is 2.12 bits per heavy atom. The summed E-state index contributed by atoms with van der Waals surface area (Å²) in [7, 11) is 0. The lowest BCUT2D eigenvalue weighted by Gasteiger charge is -1.79. The molecule has 44 valence electrons. The van der Waals surface area contributed by atoms with Crippen LogP contribution in [0.2, 0.25) is 0 Å². The Bertz CT molecular complexity index is 129. The van der Waals surface area contributed by atoms with Crippen molar-refractivity contribution in [2.75, 3.05) is 0 Å². The zero-order valence-corrected chi connectivity index (χ0v) is 3.83. The number of rotatable bonds is 2. The fourth-order valence-electron chi connectivity index (χ4n) is 0.162. The summed E-state index contributed by atoms with van der Waals surface area (Å²) >= 11 is 0. The molecule has 8 heavy (non-hydrogen) atoms. The first-order valence-electron chi connectivity index (χ1n) is 1.75. The van der Waals surface area contributed by atoms with Crippen molar-refractivity contribution < 1.29 is 14.7 Å². The lowest BCUT2D eigenvalue weighted by molar-refractivity contribution is -0.139. The van der Waals surface area contributed by atoms with E-state index >= 15 is 0 Å². The fourth-order valence-corrected chi connectivity index (χ4v) is 0.162. The van der Waals surface area contributed by atoms with E-state index in [0.29, 0.717) is 0 Å². The van der Waals surface area contributed by atoms with Gasteiger partial charge in [-0.05, 0) is 0 Å². The van der Waals surface area contributed by atoms with E-state index in [0.717, 1.165) is 0 Å². The molecule has 0 aliphatic heterocycles. The molecular weight excluding hydrogens is 114 g/mol. The number of nitroso groups, excluding NO2 is 1. The summed E-state index contributed by atoms with van der Waals surface area (Å²) in [5.74, 6) is -2.49. The van der Waals surface area contributed by atoms with Crippen LogP contribution in [0, 0.1) is 4.91 Å². The molecule has 0 saturated carbocycles. The van der Waals surface area contributed by atoms with Crippen LogP contribution in [0.3, 0.4) is 0 Å². The van der Waals surface area contributed by atoms with E-state index in [-0.39, 0.29) is 0 Å². The molecule has 5 heteroatoms. The Morgan fingerprint density at radius 2 is 2.00 bits per heavy atom. The number of carboxylic acids is 1. The number of carboxylic acid groups (broad SMARTS) is 1. The Morgan fingerprint density at radius 1 is 1.50 bits per heavy atom. The molecule has 0 unspecified atom stereocenters. The molecule has 0 aromatic heterocycles. The molecule has 0 atom stereocenters. The minimum absolute atomic E-state index is 0.816. The average Bonchev–Trinajstić information content (AvgIpc) is 1.65. The molecular formula is C3H3NO4. The van der Waals surface area contributed by atoms with Crippen molar-refractivity contribution in [1.82, 2.24) is 0 Å². The molecule has 0 bridgehead atoms. The smallest absolute Gasteiger partial charge is 0.313 e. The summed E-state index contributed by atoms with van der Waals surface area (Å²) in [5.41, 5.74) is 0. The second-order valence-corrected chi connectivity index (χ2v) is 1.06. The molecule has 0 radical (unpaired) electrons. The second-order valence-electron chi connectivity index (χ2n) is 1.06. The van der Waals surface area contributed by atoms with E-state index in [1.54, 1.807) is 0 Å². The molecule has 0 fully saturated rings. The maximum Gasteiger partial charge on any atom is 0.313 e. The van der Waals surface area contributed by atoms with Gasteiger partial charge in [0.25, 0.3) is 5.91 Å². The molecule has 1 amide bonds. The zero-order chi connectivity index (χ0) is 6.57. The van der Waals surface area contributed by atoms with Crippen molar-refractivity contribution in [2.45, 2.75) is 6.42 Å². The Balaban J connectivity index is 3.55. The van der Waals surface area contributed by atoms with Crippen LogP contribution >= 0.6 is 0 Å². The maximum atomic E-state index is 9.76. The minimum Gasteiger partial charge on any atom is -0.481 e. The van der Waals surface area contributed by atoms with Crippen molar-refractivity contribution >= 4 is 11.9 Å². The fraction of sp³-hybridized carbons (Fsp3) is 0.333. The van der Waals surface area contributed by atoms with Gasteiger partial charge in [-0.3, -0.25) is 9.59 Å². The quantitative estimate of drug-likeness (QED) is 0.399. The molecule has 0 aliphatic carbocycles. The Kier molecular flexibility index (Phi) is 2.39. The van der Waals surface area contributed by atoms with E-state index in [2.05, 4.69) is 0 Å². The first kappa shape index (κ1) is 6.74. The van der Waals surface area contributed by atoms with Crippen LogP contribution in [0.15, 0.2) is 5.18 Å². The zero-order valence-electron chi connectivity index (χ0n) is 3.83. The van der Waals surface area contributed by atoms with Gasteiger partial charge in [0.2, 0.25) is 0 Å². The van der Waals surface area contributed by atoms with E-state index < -0.39 is 18.3 Å². The highest BCUT2D eigenvalue weighted by Crippen LogP contribution is 1.81. The first-order chi connectivity index (χ1) is 3.66. The van der Waals surface area contributed by atoms with Crippen LogP contribution in [0.5, 0.6) is 0 Å². The third kappa shape index (κ3) is 2.95. The van der Waals surface area contributed by atoms with Crippen LogP contribution in [0.4, 0.5) is 0 Å². The summed E-state index contributed by atoms with van der Waals surface area (Å²) in [5, 5.41) is 9.65. The summed E-state index contributed by atoms with van der Waals surface area (Å²) in [6.07, 6.45) is -0.816. The van der Waals surface area contributed by atoms with Gasteiger partial charge >= 0.3 is 5.97 Å². The molecule has 0 aliphatic rings. The average molecular weight is 117 g/mol. The van der Waals surface area contributed by atoms with Crippen LogP contribution in [-0.4, -0.2) is 17.0 Å². The third-order valence-electron chi connectivity index (χ3n) is 0.404.